The second-order valence-corrected chi connectivity index (χ2v) is 27.3. The number of unbranched alkanes of at least 4 members (excludes halogenated alkanes) is 46. The summed E-state index contributed by atoms with van der Waals surface area (Å²) in [5.41, 5.74) is 0. The number of carbonyl (C=O) groups is 2. The van der Waals surface area contributed by atoms with Crippen LogP contribution < -0.4 is 4.89 Å². The largest absolute Gasteiger partial charge is 0.756 e. The van der Waals surface area contributed by atoms with Crippen molar-refractivity contribution in [3.63, 3.8) is 0 Å². The van der Waals surface area contributed by atoms with E-state index in [4.69, 9.17) is 18.5 Å². The molecule has 2 atom stereocenters. The van der Waals surface area contributed by atoms with E-state index in [1.54, 1.807) is 0 Å². The molecule has 0 aromatic carbocycles. The van der Waals surface area contributed by atoms with E-state index in [-0.39, 0.29) is 32.0 Å². The highest BCUT2D eigenvalue weighted by molar-refractivity contribution is 7.45. The van der Waals surface area contributed by atoms with Gasteiger partial charge in [0.1, 0.15) is 19.8 Å². The molecule has 0 radical (unpaired) electrons. The molecule has 2 unspecified atom stereocenters. The average Bonchev–Trinajstić information content (AvgIpc) is 3.61. The van der Waals surface area contributed by atoms with Gasteiger partial charge in [-0.25, -0.2) is 0 Å². The fourth-order valence-electron chi connectivity index (χ4n) is 10.8. The van der Waals surface area contributed by atoms with E-state index in [1.807, 2.05) is 21.1 Å². The Hall–Kier alpha value is -2.03. The maximum absolute atomic E-state index is 12.9. The van der Waals surface area contributed by atoms with Crippen LogP contribution in [0.15, 0.2) is 48.6 Å². The summed E-state index contributed by atoms with van der Waals surface area (Å²) in [6.45, 7) is 4.20. The number of likely N-dealkylation sites (N-methyl/N-ethyl adjacent to an activating group) is 1. The van der Waals surface area contributed by atoms with Crippen molar-refractivity contribution < 1.29 is 42.1 Å². The molecule has 10 heteroatoms. The van der Waals surface area contributed by atoms with E-state index in [2.05, 4.69) is 62.5 Å². The molecule has 0 fully saturated rings. The number of phosphoric acid groups is 1. The topological polar surface area (TPSA) is 111 Å². The van der Waals surface area contributed by atoms with Crippen LogP contribution in [0.1, 0.15) is 361 Å². The van der Waals surface area contributed by atoms with Crippen molar-refractivity contribution in [2.24, 2.45) is 0 Å². The molecule has 0 aromatic heterocycles. The molecular formula is C74H140NO8P. The molecule has 0 N–H and O–H groups in total. The Balaban J connectivity index is 3.97. The smallest absolute Gasteiger partial charge is 0.306 e. The van der Waals surface area contributed by atoms with Gasteiger partial charge < -0.3 is 27.9 Å². The lowest BCUT2D eigenvalue weighted by molar-refractivity contribution is -0.870. The molecule has 0 aliphatic rings. The second kappa shape index (κ2) is 65.4. The third kappa shape index (κ3) is 69.1. The number of allylic oxidation sites excluding steroid dienone is 8. The SMILES string of the molecule is CC/C=C\C/C=C\C/C=C\C/C=C\CCCCCCCCCCCCCCCCCCCCC(=O)OC(COC(=O)CCCCCCCCCCCCCCCCCCCCCCCCCCCCCCC)COP(=O)([O-])OCC[N+](C)(C)C. The van der Waals surface area contributed by atoms with Crippen LogP contribution >= 0.6 is 7.82 Å². The third-order valence-corrected chi connectivity index (χ3v) is 17.3. The molecule has 0 bridgehead atoms. The van der Waals surface area contributed by atoms with Crippen molar-refractivity contribution in [2.75, 3.05) is 47.5 Å². The Morgan fingerprint density at radius 1 is 0.381 bits per heavy atom. The predicted molar refractivity (Wildman–Crippen MR) is 360 cm³/mol. The number of esters is 2. The minimum Gasteiger partial charge on any atom is -0.756 e. The van der Waals surface area contributed by atoms with Crippen LogP contribution in [0.2, 0.25) is 0 Å². The van der Waals surface area contributed by atoms with Gasteiger partial charge in [0.25, 0.3) is 7.82 Å². The van der Waals surface area contributed by atoms with Crippen LogP contribution in [0.4, 0.5) is 0 Å². The van der Waals surface area contributed by atoms with E-state index >= 15 is 0 Å². The predicted octanol–water partition coefficient (Wildman–Crippen LogP) is 23.0. The molecule has 0 saturated heterocycles. The number of phosphoric ester groups is 1. The summed E-state index contributed by atoms with van der Waals surface area (Å²) < 4.78 is 34.4. The highest BCUT2D eigenvalue weighted by atomic mass is 31.2. The minimum atomic E-state index is -4.64. The van der Waals surface area contributed by atoms with Crippen LogP contribution in [0, 0.1) is 0 Å². The zero-order valence-corrected chi connectivity index (χ0v) is 57.3. The number of quaternary nitrogens is 1. The van der Waals surface area contributed by atoms with Crippen molar-refractivity contribution in [2.45, 2.75) is 367 Å². The van der Waals surface area contributed by atoms with E-state index in [9.17, 15) is 19.0 Å². The van der Waals surface area contributed by atoms with Crippen molar-refractivity contribution in [1.29, 1.82) is 0 Å². The molecule has 0 saturated carbocycles. The lowest BCUT2D eigenvalue weighted by atomic mass is 10.0. The number of hydrogen-bond donors (Lipinski definition) is 0. The quantitative estimate of drug-likeness (QED) is 0.0195. The number of carbonyl (C=O) groups excluding carboxylic acids is 2. The molecule has 0 rings (SSSR count). The van der Waals surface area contributed by atoms with Gasteiger partial charge in [0.15, 0.2) is 6.10 Å². The van der Waals surface area contributed by atoms with Gasteiger partial charge in [-0.15, -0.1) is 0 Å². The Morgan fingerprint density at radius 2 is 0.679 bits per heavy atom. The molecule has 0 heterocycles. The van der Waals surface area contributed by atoms with Crippen molar-refractivity contribution in [1.82, 2.24) is 0 Å². The van der Waals surface area contributed by atoms with E-state index in [0.717, 1.165) is 57.8 Å². The van der Waals surface area contributed by atoms with Gasteiger partial charge >= 0.3 is 11.9 Å². The monoisotopic (exact) mass is 1200 g/mol. The highest BCUT2D eigenvalue weighted by Gasteiger charge is 2.22. The first-order valence-corrected chi connectivity index (χ1v) is 37.8. The first-order chi connectivity index (χ1) is 41.0. The summed E-state index contributed by atoms with van der Waals surface area (Å²) >= 11 is 0. The highest BCUT2D eigenvalue weighted by Crippen LogP contribution is 2.38. The van der Waals surface area contributed by atoms with Gasteiger partial charge in [0.05, 0.1) is 27.7 Å². The summed E-state index contributed by atoms with van der Waals surface area (Å²) in [4.78, 5) is 38.1. The number of rotatable bonds is 68. The lowest BCUT2D eigenvalue weighted by Gasteiger charge is -2.28. The molecular weight excluding hydrogens is 1060 g/mol. The molecule has 0 spiro atoms. The first kappa shape index (κ1) is 82.0. The standard InChI is InChI=1S/C74H140NO8P/c1-6-8-10-12-14-16-18-20-22-24-26-28-30-32-34-36-37-39-41-43-45-47-49-51-53-55-57-59-61-63-65-67-74(77)83-72(71-82-84(78,79)81-69-68-75(3,4)5)70-80-73(76)66-64-62-60-58-56-54-52-50-48-46-44-42-40-38-35-33-31-29-27-25-23-21-19-17-15-13-11-9-7-2/h8,10,14,16,20,22,26,28,72H,6-7,9,11-13,15,17-19,21,23-25,27,29-71H2,1-5H3/b10-8-,16-14-,22-20-,28-26-. The normalized spacial score (nSPS) is 13.4. The molecule has 84 heavy (non-hydrogen) atoms. The van der Waals surface area contributed by atoms with E-state index in [0.29, 0.717) is 17.4 Å². The second-order valence-electron chi connectivity index (χ2n) is 25.9. The van der Waals surface area contributed by atoms with Crippen LogP contribution in [0.25, 0.3) is 0 Å². The average molecular weight is 1200 g/mol. The summed E-state index contributed by atoms with van der Waals surface area (Å²) in [5.74, 6) is -0.811. The van der Waals surface area contributed by atoms with Gasteiger partial charge in [-0.3, -0.25) is 14.2 Å². The summed E-state index contributed by atoms with van der Waals surface area (Å²) in [6, 6.07) is 0. The zero-order chi connectivity index (χ0) is 61.2. The Bertz CT molecular complexity index is 1560. The first-order valence-electron chi connectivity index (χ1n) is 36.3. The summed E-state index contributed by atoms with van der Waals surface area (Å²) in [5, 5.41) is 0. The van der Waals surface area contributed by atoms with Gasteiger partial charge in [-0.05, 0) is 51.4 Å². The maximum atomic E-state index is 12.9. The van der Waals surface area contributed by atoms with Crippen LogP contribution in [0.3, 0.4) is 0 Å². The van der Waals surface area contributed by atoms with Gasteiger partial charge in [0.2, 0.25) is 0 Å². The molecule has 0 aromatic rings. The molecule has 0 amide bonds. The minimum absolute atomic E-state index is 0.0283. The summed E-state index contributed by atoms with van der Waals surface area (Å²) in [6.07, 6.45) is 84.9. The Morgan fingerprint density at radius 3 is 1.01 bits per heavy atom. The van der Waals surface area contributed by atoms with Crippen LogP contribution in [-0.4, -0.2) is 70.0 Å². The van der Waals surface area contributed by atoms with E-state index < -0.39 is 26.5 Å². The van der Waals surface area contributed by atoms with Gasteiger partial charge in [0, 0.05) is 12.8 Å². The van der Waals surface area contributed by atoms with E-state index in [1.165, 1.54) is 270 Å². The fraction of sp³-hybridized carbons (Fsp3) is 0.865. The number of nitrogens with zero attached hydrogens (tertiary/aromatic N) is 1. The van der Waals surface area contributed by atoms with Crippen molar-refractivity contribution in [3.05, 3.63) is 48.6 Å². The third-order valence-electron chi connectivity index (χ3n) is 16.4. The van der Waals surface area contributed by atoms with Crippen molar-refractivity contribution in [3.8, 4) is 0 Å². The van der Waals surface area contributed by atoms with Crippen molar-refractivity contribution >= 4 is 19.8 Å². The number of ether oxygens (including phenoxy) is 2. The molecule has 494 valence electrons. The van der Waals surface area contributed by atoms with Crippen LogP contribution in [-0.2, 0) is 32.7 Å². The zero-order valence-electron chi connectivity index (χ0n) is 56.4. The Kier molecular flexibility index (Phi) is 63.8. The maximum Gasteiger partial charge on any atom is 0.306 e. The number of hydrogen-bond acceptors (Lipinski definition) is 8. The molecule has 9 nitrogen and oxygen atoms in total. The van der Waals surface area contributed by atoms with Gasteiger partial charge in [-0.2, -0.15) is 0 Å². The molecule has 0 aliphatic heterocycles. The summed E-state index contributed by atoms with van der Waals surface area (Å²) in [7, 11) is 1.19. The lowest BCUT2D eigenvalue weighted by Crippen LogP contribution is -2.37. The fourth-order valence-corrected chi connectivity index (χ4v) is 11.6. The van der Waals surface area contributed by atoms with Crippen LogP contribution in [0.5, 0.6) is 0 Å². The molecule has 0 aliphatic carbocycles. The van der Waals surface area contributed by atoms with Gasteiger partial charge in [-0.1, -0.05) is 345 Å². The Labute approximate surface area is 522 Å².